The van der Waals surface area contributed by atoms with Crippen LogP contribution in [0.5, 0.6) is 0 Å². The molecule has 2 aromatic rings. The van der Waals surface area contributed by atoms with Gasteiger partial charge < -0.3 is 10.2 Å². The molecule has 3 rings (SSSR count). The first kappa shape index (κ1) is 14.1. The predicted octanol–water partition coefficient (Wildman–Crippen LogP) is 1.49. The Morgan fingerprint density at radius 1 is 1.43 bits per heavy atom. The first-order valence-electron chi connectivity index (χ1n) is 7.58. The van der Waals surface area contributed by atoms with Crippen LogP contribution in [-0.4, -0.2) is 47.3 Å². The fourth-order valence-corrected chi connectivity index (χ4v) is 3.04. The second-order valence-electron chi connectivity index (χ2n) is 5.94. The van der Waals surface area contributed by atoms with E-state index < -0.39 is 0 Å². The summed E-state index contributed by atoms with van der Waals surface area (Å²) in [5.41, 5.74) is 1.00. The summed E-state index contributed by atoms with van der Waals surface area (Å²) in [7, 11) is 2.14. The first-order chi connectivity index (χ1) is 10.2. The maximum atomic E-state index is 12.1. The second-order valence-corrected chi connectivity index (χ2v) is 5.94. The number of carbonyl (C=O) groups excluding carboxylic acids is 1. The van der Waals surface area contributed by atoms with E-state index in [1.54, 1.807) is 10.9 Å². The smallest absolute Gasteiger partial charge is 0.241 e. The second kappa shape index (κ2) is 6.26. The summed E-state index contributed by atoms with van der Waals surface area (Å²) < 4.78 is 1.76. The molecule has 2 heterocycles. The summed E-state index contributed by atoms with van der Waals surface area (Å²) in [5.74, 6) is 0.610. The molecule has 1 fully saturated rings. The van der Waals surface area contributed by atoms with E-state index in [9.17, 15) is 4.79 Å². The van der Waals surface area contributed by atoms with Gasteiger partial charge in [0.2, 0.25) is 5.91 Å². The lowest BCUT2D eigenvalue weighted by Gasteiger charge is -2.29. The molecule has 112 valence electrons. The molecule has 0 bridgehead atoms. The first-order valence-corrected chi connectivity index (χ1v) is 7.58. The highest BCUT2D eigenvalue weighted by atomic mass is 16.2. The van der Waals surface area contributed by atoms with Crippen molar-refractivity contribution >= 4 is 16.8 Å². The molecule has 1 aliphatic heterocycles. The number of nitrogens with one attached hydrogen (secondary N) is 1. The van der Waals surface area contributed by atoms with Crippen molar-refractivity contribution in [3.05, 3.63) is 30.5 Å². The Bertz CT molecular complexity index is 622. The minimum Gasteiger partial charge on any atom is -0.354 e. The van der Waals surface area contributed by atoms with Gasteiger partial charge in [0.25, 0.3) is 0 Å². The average Bonchev–Trinajstić information content (AvgIpc) is 2.89. The Morgan fingerprint density at radius 3 is 3.14 bits per heavy atom. The molecule has 1 amide bonds. The average molecular weight is 286 g/mol. The third kappa shape index (κ3) is 3.42. The van der Waals surface area contributed by atoms with Crippen LogP contribution in [0, 0.1) is 5.92 Å². The van der Waals surface area contributed by atoms with Crippen LogP contribution in [0.2, 0.25) is 0 Å². The van der Waals surface area contributed by atoms with Gasteiger partial charge in [0, 0.05) is 18.5 Å². The topological polar surface area (TPSA) is 50.2 Å². The molecule has 0 saturated carbocycles. The van der Waals surface area contributed by atoms with Crippen molar-refractivity contribution in [1.29, 1.82) is 0 Å². The van der Waals surface area contributed by atoms with Crippen LogP contribution < -0.4 is 5.32 Å². The minimum atomic E-state index is 0.0390. The van der Waals surface area contributed by atoms with Crippen LogP contribution in [0.15, 0.2) is 30.5 Å². The van der Waals surface area contributed by atoms with Crippen molar-refractivity contribution in [3.8, 4) is 0 Å². The molecule has 0 unspecified atom stereocenters. The van der Waals surface area contributed by atoms with E-state index in [-0.39, 0.29) is 12.5 Å². The van der Waals surface area contributed by atoms with Crippen LogP contribution in [0.25, 0.3) is 10.9 Å². The van der Waals surface area contributed by atoms with E-state index in [1.165, 1.54) is 19.4 Å². The highest BCUT2D eigenvalue weighted by Crippen LogP contribution is 2.14. The quantitative estimate of drug-likeness (QED) is 0.926. The van der Waals surface area contributed by atoms with Gasteiger partial charge in [-0.1, -0.05) is 18.2 Å². The lowest BCUT2D eigenvalue weighted by Crippen LogP contribution is -2.40. The molecule has 21 heavy (non-hydrogen) atoms. The molecule has 1 aliphatic rings. The molecular weight excluding hydrogens is 264 g/mol. The highest BCUT2D eigenvalue weighted by Gasteiger charge is 2.17. The van der Waals surface area contributed by atoms with Gasteiger partial charge in [0.05, 0.1) is 11.7 Å². The van der Waals surface area contributed by atoms with E-state index in [0.29, 0.717) is 5.92 Å². The zero-order valence-corrected chi connectivity index (χ0v) is 12.5. The van der Waals surface area contributed by atoms with E-state index in [4.69, 9.17) is 0 Å². The number of nitrogens with zero attached hydrogens (tertiary/aromatic N) is 3. The molecule has 5 heteroatoms. The standard InChI is InChI=1S/C16H22N4O/c1-19-8-4-5-13(11-19)9-17-16(21)12-20-15-7-3-2-6-14(15)10-18-20/h2-3,6-7,10,13H,4-5,8-9,11-12H2,1H3,(H,17,21)/t13-/m1/s1. The van der Waals surface area contributed by atoms with Gasteiger partial charge in [-0.15, -0.1) is 0 Å². The van der Waals surface area contributed by atoms with Crippen molar-refractivity contribution in [2.24, 2.45) is 5.92 Å². The predicted molar refractivity (Wildman–Crippen MR) is 83.0 cm³/mol. The number of hydrogen-bond donors (Lipinski definition) is 1. The number of carbonyl (C=O) groups is 1. The third-order valence-electron chi connectivity index (χ3n) is 4.15. The van der Waals surface area contributed by atoms with Gasteiger partial charge >= 0.3 is 0 Å². The number of rotatable bonds is 4. The molecule has 1 aromatic heterocycles. The van der Waals surface area contributed by atoms with Crippen molar-refractivity contribution in [2.75, 3.05) is 26.7 Å². The van der Waals surface area contributed by atoms with E-state index in [2.05, 4.69) is 22.4 Å². The van der Waals surface area contributed by atoms with Crippen molar-refractivity contribution < 1.29 is 4.79 Å². The normalized spacial score (nSPS) is 19.8. The molecule has 0 aliphatic carbocycles. The Balaban J connectivity index is 1.54. The van der Waals surface area contributed by atoms with Crippen LogP contribution in [-0.2, 0) is 11.3 Å². The number of amides is 1. The fraction of sp³-hybridized carbons (Fsp3) is 0.500. The lowest BCUT2D eigenvalue weighted by molar-refractivity contribution is -0.122. The van der Waals surface area contributed by atoms with Gasteiger partial charge in [-0.2, -0.15) is 5.10 Å². The van der Waals surface area contributed by atoms with Gasteiger partial charge in [-0.05, 0) is 38.4 Å². The van der Waals surface area contributed by atoms with Gasteiger partial charge in [-0.25, -0.2) is 0 Å². The van der Waals surface area contributed by atoms with Crippen molar-refractivity contribution in [2.45, 2.75) is 19.4 Å². The monoisotopic (exact) mass is 286 g/mol. The number of hydrogen-bond acceptors (Lipinski definition) is 3. The van der Waals surface area contributed by atoms with E-state index >= 15 is 0 Å². The molecule has 1 atom stereocenters. The third-order valence-corrected chi connectivity index (χ3v) is 4.15. The molecular formula is C16H22N4O. The number of benzene rings is 1. The van der Waals surface area contributed by atoms with Crippen LogP contribution in [0.4, 0.5) is 0 Å². The summed E-state index contributed by atoms with van der Waals surface area (Å²) in [6.07, 6.45) is 4.23. The number of piperidine rings is 1. The Morgan fingerprint density at radius 2 is 2.29 bits per heavy atom. The number of para-hydroxylation sites is 1. The number of fused-ring (bicyclic) bond motifs is 1. The van der Waals surface area contributed by atoms with Gasteiger partial charge in [-0.3, -0.25) is 9.48 Å². The van der Waals surface area contributed by atoms with Gasteiger partial charge in [0.1, 0.15) is 6.54 Å². The summed E-state index contributed by atoms with van der Waals surface area (Å²) in [6, 6.07) is 7.95. The van der Waals surface area contributed by atoms with Gasteiger partial charge in [0.15, 0.2) is 0 Å². The summed E-state index contributed by atoms with van der Waals surface area (Å²) in [5, 5.41) is 8.41. The highest BCUT2D eigenvalue weighted by molar-refractivity contribution is 5.81. The maximum Gasteiger partial charge on any atom is 0.241 e. The SMILES string of the molecule is CN1CCC[C@H](CNC(=O)Cn2ncc3ccccc32)C1. The van der Waals surface area contributed by atoms with Crippen LogP contribution in [0.3, 0.4) is 0 Å². The lowest BCUT2D eigenvalue weighted by atomic mass is 9.98. The molecule has 1 saturated heterocycles. The van der Waals surface area contributed by atoms with Crippen LogP contribution in [0.1, 0.15) is 12.8 Å². The van der Waals surface area contributed by atoms with Crippen LogP contribution >= 0.6 is 0 Å². The molecule has 5 nitrogen and oxygen atoms in total. The molecule has 1 aromatic carbocycles. The Hall–Kier alpha value is -1.88. The largest absolute Gasteiger partial charge is 0.354 e. The molecule has 0 spiro atoms. The molecule has 1 N–H and O–H groups in total. The van der Waals surface area contributed by atoms with E-state index in [1.807, 2.05) is 24.3 Å². The van der Waals surface area contributed by atoms with Crippen molar-refractivity contribution in [3.63, 3.8) is 0 Å². The summed E-state index contributed by atoms with van der Waals surface area (Å²) in [6.45, 7) is 3.30. The zero-order chi connectivity index (χ0) is 14.7. The fourth-order valence-electron chi connectivity index (χ4n) is 3.04. The zero-order valence-electron chi connectivity index (χ0n) is 12.5. The van der Waals surface area contributed by atoms with Crippen molar-refractivity contribution in [1.82, 2.24) is 20.0 Å². The summed E-state index contributed by atoms with van der Waals surface area (Å²) >= 11 is 0. The number of likely N-dealkylation sites (tertiary alicyclic amines) is 1. The maximum absolute atomic E-state index is 12.1. The number of aromatic nitrogens is 2. The minimum absolute atomic E-state index is 0.0390. The Kier molecular flexibility index (Phi) is 4.20. The summed E-state index contributed by atoms with van der Waals surface area (Å²) in [4.78, 5) is 14.4. The molecule has 0 radical (unpaired) electrons. The Labute approximate surface area is 124 Å². The van der Waals surface area contributed by atoms with E-state index in [0.717, 1.165) is 24.0 Å².